The number of ketones is 1. The van der Waals surface area contributed by atoms with E-state index in [1.165, 1.54) is 47.9 Å². The number of benzene rings is 2. The fraction of sp³-hybridized carbons (Fsp3) is 0.567. The maximum atomic E-state index is 12.6. The van der Waals surface area contributed by atoms with Crippen LogP contribution in [0.25, 0.3) is 0 Å². The van der Waals surface area contributed by atoms with E-state index in [4.69, 9.17) is 4.74 Å². The van der Waals surface area contributed by atoms with Crippen LogP contribution in [0.15, 0.2) is 42.5 Å². The van der Waals surface area contributed by atoms with Crippen LogP contribution in [0, 0.1) is 0 Å². The zero-order chi connectivity index (χ0) is 23.2. The van der Waals surface area contributed by atoms with Gasteiger partial charge in [-0.15, -0.1) is 0 Å². The Bertz CT molecular complexity index is 915. The second-order valence-corrected chi connectivity index (χ2v) is 10.0. The molecule has 2 atom stereocenters. The molecule has 1 saturated heterocycles. The van der Waals surface area contributed by atoms with Crippen LogP contribution in [0.5, 0.6) is 5.75 Å². The van der Waals surface area contributed by atoms with Gasteiger partial charge in [0.2, 0.25) is 0 Å². The van der Waals surface area contributed by atoms with Crippen molar-refractivity contribution in [1.29, 1.82) is 0 Å². The maximum Gasteiger partial charge on any atom is 0.146 e. The minimum Gasteiger partial charge on any atom is -0.494 e. The molecule has 33 heavy (non-hydrogen) atoms. The summed E-state index contributed by atoms with van der Waals surface area (Å²) in [5.74, 6) is 2.54. The monoisotopic (exact) mass is 447 g/mol. The molecule has 2 fully saturated rings. The molecule has 0 amide bonds. The van der Waals surface area contributed by atoms with Crippen molar-refractivity contribution in [2.24, 2.45) is 0 Å². The summed E-state index contributed by atoms with van der Waals surface area (Å²) in [6.45, 7) is 8.59. The SMILES string of the molecule is CCCC(=O)CN1C[C@H](c2ccc(C3CCC3)c(OCC)c2)C[C@@H]1c1ccc(CCC)cc1. The van der Waals surface area contributed by atoms with Gasteiger partial charge in [0.1, 0.15) is 11.5 Å². The summed E-state index contributed by atoms with van der Waals surface area (Å²) in [5, 5.41) is 0. The molecule has 3 nitrogen and oxygen atoms in total. The third kappa shape index (κ3) is 5.69. The molecule has 0 spiro atoms. The summed E-state index contributed by atoms with van der Waals surface area (Å²) in [4.78, 5) is 15.0. The molecule has 2 aromatic rings. The first-order valence-electron chi connectivity index (χ1n) is 13.2. The zero-order valence-electron chi connectivity index (χ0n) is 20.8. The van der Waals surface area contributed by atoms with Crippen LogP contribution in [-0.2, 0) is 11.2 Å². The van der Waals surface area contributed by atoms with Gasteiger partial charge in [-0.1, -0.05) is 63.1 Å². The molecule has 0 N–H and O–H groups in total. The number of hydrogen-bond donors (Lipinski definition) is 0. The number of nitrogens with zero attached hydrogens (tertiary/aromatic N) is 1. The quantitative estimate of drug-likeness (QED) is 0.365. The molecule has 1 aliphatic heterocycles. The summed E-state index contributed by atoms with van der Waals surface area (Å²) < 4.78 is 6.10. The minimum atomic E-state index is 0.299. The van der Waals surface area contributed by atoms with E-state index in [2.05, 4.69) is 68.1 Å². The summed E-state index contributed by atoms with van der Waals surface area (Å²) in [6, 6.07) is 16.4. The topological polar surface area (TPSA) is 29.5 Å². The third-order valence-electron chi connectivity index (χ3n) is 7.57. The summed E-state index contributed by atoms with van der Waals surface area (Å²) in [5.41, 5.74) is 5.50. The Morgan fingerprint density at radius 2 is 1.73 bits per heavy atom. The van der Waals surface area contributed by atoms with Crippen molar-refractivity contribution in [1.82, 2.24) is 4.90 Å². The van der Waals surface area contributed by atoms with Gasteiger partial charge in [0.05, 0.1) is 13.2 Å². The first-order valence-corrected chi connectivity index (χ1v) is 13.2. The Morgan fingerprint density at radius 3 is 2.36 bits per heavy atom. The number of carbonyl (C=O) groups excluding carboxylic acids is 1. The van der Waals surface area contributed by atoms with Crippen LogP contribution in [-0.4, -0.2) is 30.4 Å². The van der Waals surface area contributed by atoms with E-state index in [1.807, 2.05) is 0 Å². The lowest BCUT2D eigenvalue weighted by Gasteiger charge is -2.28. The van der Waals surface area contributed by atoms with Crippen LogP contribution in [0.2, 0.25) is 0 Å². The van der Waals surface area contributed by atoms with Gasteiger partial charge in [-0.25, -0.2) is 0 Å². The summed E-state index contributed by atoms with van der Waals surface area (Å²) in [7, 11) is 0. The molecule has 0 radical (unpaired) electrons. The number of hydrogen-bond acceptors (Lipinski definition) is 3. The zero-order valence-corrected chi connectivity index (χ0v) is 20.8. The molecule has 1 saturated carbocycles. The number of Topliss-reactive ketones (excluding diaryl/α,β-unsaturated/α-hetero) is 1. The first kappa shape index (κ1) is 24.0. The maximum absolute atomic E-state index is 12.6. The molecule has 0 bridgehead atoms. The molecule has 1 heterocycles. The standard InChI is InChI=1S/C30H41NO2/c1-4-8-22-12-14-24(15-13-22)29-18-26(20-31(29)21-27(32)9-5-2)25-16-17-28(23-10-7-11-23)30(19-25)33-6-3/h12-17,19,23,26,29H,4-11,18,20-21H2,1-3H3/t26-,29-/m1/s1. The van der Waals surface area contributed by atoms with Crippen LogP contribution in [0.3, 0.4) is 0 Å². The fourth-order valence-corrected chi connectivity index (χ4v) is 5.59. The van der Waals surface area contributed by atoms with E-state index in [-0.39, 0.29) is 0 Å². The number of carbonyl (C=O) groups is 1. The normalized spacial score (nSPS) is 21.2. The Kier molecular flexibility index (Phi) is 8.25. The van der Waals surface area contributed by atoms with Gasteiger partial charge in [0.15, 0.2) is 0 Å². The van der Waals surface area contributed by atoms with Crippen molar-refractivity contribution in [2.45, 2.75) is 90.0 Å². The number of aryl methyl sites for hydroxylation is 1. The Hall–Kier alpha value is -2.13. The van der Waals surface area contributed by atoms with Gasteiger partial charge in [0, 0.05) is 19.0 Å². The molecule has 2 aliphatic rings. The van der Waals surface area contributed by atoms with Gasteiger partial charge in [-0.3, -0.25) is 9.69 Å². The molecule has 3 heteroatoms. The third-order valence-corrected chi connectivity index (χ3v) is 7.57. The predicted octanol–water partition coefficient (Wildman–Crippen LogP) is 7.21. The van der Waals surface area contributed by atoms with Crippen molar-refractivity contribution >= 4 is 5.78 Å². The highest BCUT2D eigenvalue weighted by atomic mass is 16.5. The van der Waals surface area contributed by atoms with Gasteiger partial charge in [-0.2, -0.15) is 0 Å². The Labute approximate surface area is 200 Å². The lowest BCUT2D eigenvalue weighted by atomic mass is 9.79. The van der Waals surface area contributed by atoms with E-state index in [9.17, 15) is 4.79 Å². The summed E-state index contributed by atoms with van der Waals surface area (Å²) >= 11 is 0. The van der Waals surface area contributed by atoms with Crippen molar-refractivity contribution < 1.29 is 9.53 Å². The van der Waals surface area contributed by atoms with Crippen LogP contribution in [0.4, 0.5) is 0 Å². The molecule has 178 valence electrons. The average molecular weight is 448 g/mol. The van der Waals surface area contributed by atoms with Gasteiger partial charge in [-0.05, 0) is 79.2 Å². The molecule has 0 unspecified atom stereocenters. The molecule has 4 rings (SSSR count). The van der Waals surface area contributed by atoms with E-state index < -0.39 is 0 Å². The second-order valence-electron chi connectivity index (χ2n) is 10.0. The van der Waals surface area contributed by atoms with Crippen molar-refractivity contribution in [3.8, 4) is 5.75 Å². The van der Waals surface area contributed by atoms with Crippen LogP contribution >= 0.6 is 0 Å². The highest BCUT2D eigenvalue weighted by Gasteiger charge is 2.35. The number of ether oxygens (including phenoxy) is 1. The van der Waals surface area contributed by atoms with Crippen molar-refractivity contribution in [2.75, 3.05) is 19.7 Å². The molecule has 0 aromatic heterocycles. The van der Waals surface area contributed by atoms with E-state index in [0.29, 0.717) is 43.2 Å². The van der Waals surface area contributed by atoms with Crippen molar-refractivity contribution in [3.63, 3.8) is 0 Å². The van der Waals surface area contributed by atoms with Crippen LogP contribution < -0.4 is 4.74 Å². The lowest BCUT2D eigenvalue weighted by Crippen LogP contribution is -2.30. The Balaban J connectivity index is 1.57. The van der Waals surface area contributed by atoms with Crippen LogP contribution in [0.1, 0.15) is 106 Å². The fourth-order valence-electron chi connectivity index (χ4n) is 5.59. The van der Waals surface area contributed by atoms with Gasteiger partial charge in [0.25, 0.3) is 0 Å². The summed E-state index contributed by atoms with van der Waals surface area (Å²) in [6.07, 6.45) is 8.85. The van der Waals surface area contributed by atoms with Gasteiger partial charge < -0.3 is 4.74 Å². The molecular weight excluding hydrogens is 406 g/mol. The second kappa shape index (κ2) is 11.3. The number of rotatable bonds is 11. The molecule has 2 aromatic carbocycles. The predicted molar refractivity (Wildman–Crippen MR) is 136 cm³/mol. The largest absolute Gasteiger partial charge is 0.494 e. The molecular formula is C30H41NO2. The lowest BCUT2D eigenvalue weighted by molar-refractivity contribution is -0.120. The minimum absolute atomic E-state index is 0.299. The van der Waals surface area contributed by atoms with E-state index in [1.54, 1.807) is 0 Å². The van der Waals surface area contributed by atoms with E-state index in [0.717, 1.165) is 31.6 Å². The average Bonchev–Trinajstić information content (AvgIpc) is 3.18. The van der Waals surface area contributed by atoms with E-state index >= 15 is 0 Å². The van der Waals surface area contributed by atoms with Gasteiger partial charge >= 0.3 is 0 Å². The Morgan fingerprint density at radius 1 is 0.970 bits per heavy atom. The smallest absolute Gasteiger partial charge is 0.146 e. The highest BCUT2D eigenvalue weighted by Crippen LogP contribution is 2.45. The highest BCUT2D eigenvalue weighted by molar-refractivity contribution is 5.80. The number of likely N-dealkylation sites (tertiary alicyclic amines) is 1. The van der Waals surface area contributed by atoms with Crippen molar-refractivity contribution in [3.05, 3.63) is 64.7 Å². The molecule has 1 aliphatic carbocycles. The first-order chi connectivity index (χ1) is 16.1.